The quantitative estimate of drug-likeness (QED) is 0.535. The number of hydrogen-bond acceptors (Lipinski definition) is 3. The summed E-state index contributed by atoms with van der Waals surface area (Å²) >= 11 is 0. The first-order chi connectivity index (χ1) is 15.5. The molecule has 4 heteroatoms. The number of nitrogens with zero attached hydrogens (tertiary/aromatic N) is 2. The summed E-state index contributed by atoms with van der Waals surface area (Å²) < 4.78 is 0. The molecule has 0 spiro atoms. The van der Waals surface area contributed by atoms with E-state index in [1.165, 1.54) is 32.1 Å². The highest BCUT2D eigenvalue weighted by atomic mass is 16.2. The van der Waals surface area contributed by atoms with E-state index in [0.717, 1.165) is 42.8 Å². The van der Waals surface area contributed by atoms with Crippen molar-refractivity contribution in [1.82, 2.24) is 9.80 Å². The summed E-state index contributed by atoms with van der Waals surface area (Å²) in [6.45, 7) is 12.4. The Hall–Kier alpha value is -1.16. The number of β-lactam (4-membered cyclic amide) rings is 1. The van der Waals surface area contributed by atoms with E-state index in [0.29, 0.717) is 23.3 Å². The zero-order valence-electron chi connectivity index (χ0n) is 22.1. The van der Waals surface area contributed by atoms with Crippen LogP contribution in [-0.2, 0) is 9.59 Å². The standard InChI is InChI=1S/C29H46N2O2/c1-17(2)20-16-31(27(20)33)25-13-15-29(5)23-12-14-28(4)21(18(3)30(6)7)10-11-22(28)19(23)8-9-24(29)26(25)32/h13,17-24H,8-12,14-16H2,1-7H3/t18-,19-,20-,21+,22-,23-,24?,28+,29+/m0/s1. The topological polar surface area (TPSA) is 40.6 Å². The van der Waals surface area contributed by atoms with Gasteiger partial charge in [-0.05, 0) is 106 Å². The van der Waals surface area contributed by atoms with E-state index < -0.39 is 0 Å². The smallest absolute Gasteiger partial charge is 0.232 e. The maximum Gasteiger partial charge on any atom is 0.232 e. The first kappa shape index (κ1) is 23.6. The molecule has 0 bridgehead atoms. The van der Waals surface area contributed by atoms with Crippen LogP contribution in [0, 0.1) is 52.3 Å². The zero-order chi connectivity index (χ0) is 23.9. The highest BCUT2D eigenvalue weighted by molar-refractivity contribution is 6.03. The molecular weight excluding hydrogens is 408 g/mol. The van der Waals surface area contributed by atoms with Gasteiger partial charge in [-0.25, -0.2) is 0 Å². The van der Waals surface area contributed by atoms with Gasteiger partial charge in [-0.15, -0.1) is 0 Å². The van der Waals surface area contributed by atoms with Crippen LogP contribution in [0.2, 0.25) is 0 Å². The van der Waals surface area contributed by atoms with Crippen LogP contribution in [0.25, 0.3) is 0 Å². The van der Waals surface area contributed by atoms with Crippen molar-refractivity contribution >= 4 is 11.7 Å². The van der Waals surface area contributed by atoms with E-state index in [2.05, 4.69) is 59.7 Å². The first-order valence-electron chi connectivity index (χ1n) is 13.7. The van der Waals surface area contributed by atoms with Gasteiger partial charge in [-0.3, -0.25) is 9.59 Å². The molecule has 0 N–H and O–H groups in total. The predicted octanol–water partition coefficient (Wildman–Crippen LogP) is 5.38. The number of hydrogen-bond donors (Lipinski definition) is 0. The Morgan fingerprint density at radius 1 is 0.970 bits per heavy atom. The molecule has 0 aromatic rings. The molecule has 184 valence electrons. The van der Waals surface area contributed by atoms with Gasteiger partial charge < -0.3 is 9.80 Å². The first-order valence-corrected chi connectivity index (χ1v) is 13.7. The lowest BCUT2D eigenvalue weighted by molar-refractivity contribution is -0.154. The van der Waals surface area contributed by atoms with Crippen LogP contribution in [0.5, 0.6) is 0 Å². The van der Waals surface area contributed by atoms with Crippen molar-refractivity contribution in [3.8, 4) is 0 Å². The lowest BCUT2D eigenvalue weighted by Crippen LogP contribution is -2.59. The van der Waals surface area contributed by atoms with E-state index in [4.69, 9.17) is 0 Å². The number of fused-ring (bicyclic) bond motifs is 5. The SMILES string of the molecule is CC(C)[C@@H]1CN(C2=CC[C@@]3(C)C(CC[C@H]4[C@@H]5CC[C@H]([C@H](C)N(C)C)[C@@]5(C)CC[C@@H]43)C2=O)C1=O. The molecule has 1 saturated heterocycles. The van der Waals surface area contributed by atoms with Crippen LogP contribution in [0.3, 0.4) is 0 Å². The molecule has 3 saturated carbocycles. The second-order valence-corrected chi connectivity index (χ2v) is 13.4. The Balaban J connectivity index is 1.37. The number of allylic oxidation sites excluding steroid dienone is 2. The number of amides is 1. The maximum atomic E-state index is 13.7. The summed E-state index contributed by atoms with van der Waals surface area (Å²) in [5.74, 6) is 4.02. The Bertz CT molecular complexity index is 862. The van der Waals surface area contributed by atoms with Crippen molar-refractivity contribution in [3.63, 3.8) is 0 Å². The second kappa shape index (κ2) is 7.93. The molecule has 0 aromatic heterocycles. The highest BCUT2D eigenvalue weighted by Crippen LogP contribution is 2.67. The van der Waals surface area contributed by atoms with E-state index in [-0.39, 0.29) is 28.9 Å². The van der Waals surface area contributed by atoms with Crippen LogP contribution >= 0.6 is 0 Å². The lowest BCUT2D eigenvalue weighted by Gasteiger charge is -2.60. The molecule has 1 amide bonds. The zero-order valence-corrected chi connectivity index (χ0v) is 22.1. The van der Waals surface area contributed by atoms with Gasteiger partial charge in [0.05, 0.1) is 11.6 Å². The van der Waals surface area contributed by atoms with Crippen LogP contribution in [0.4, 0.5) is 0 Å². The lowest BCUT2D eigenvalue weighted by atomic mass is 9.45. The van der Waals surface area contributed by atoms with Gasteiger partial charge >= 0.3 is 0 Å². The number of likely N-dealkylation sites (tertiary alicyclic amines) is 1. The van der Waals surface area contributed by atoms with Gasteiger partial charge in [-0.2, -0.15) is 0 Å². The Morgan fingerprint density at radius 3 is 2.30 bits per heavy atom. The third-order valence-electron chi connectivity index (χ3n) is 11.7. The number of ketones is 1. The van der Waals surface area contributed by atoms with Crippen LogP contribution in [0.15, 0.2) is 11.8 Å². The normalized spacial score (nSPS) is 46.0. The van der Waals surface area contributed by atoms with Crippen molar-refractivity contribution in [1.29, 1.82) is 0 Å². The minimum Gasteiger partial charge on any atom is -0.308 e. The fourth-order valence-corrected chi connectivity index (χ4v) is 9.38. The van der Waals surface area contributed by atoms with Crippen molar-refractivity contribution in [2.24, 2.45) is 52.3 Å². The second-order valence-electron chi connectivity index (χ2n) is 13.4. The van der Waals surface area contributed by atoms with Gasteiger partial charge in [0, 0.05) is 18.5 Å². The maximum absolute atomic E-state index is 13.7. The number of carbonyl (C=O) groups excluding carboxylic acids is 2. The summed E-state index contributed by atoms with van der Waals surface area (Å²) in [6.07, 6.45) is 10.7. The predicted molar refractivity (Wildman–Crippen MR) is 132 cm³/mol. The fraction of sp³-hybridized carbons (Fsp3) is 0.862. The minimum absolute atomic E-state index is 0.0709. The minimum atomic E-state index is 0.0709. The van der Waals surface area contributed by atoms with E-state index >= 15 is 0 Å². The van der Waals surface area contributed by atoms with Crippen LogP contribution < -0.4 is 0 Å². The summed E-state index contributed by atoms with van der Waals surface area (Å²) in [7, 11) is 4.48. The molecule has 9 atom stereocenters. The van der Waals surface area contributed by atoms with Crippen molar-refractivity contribution in [3.05, 3.63) is 11.8 Å². The van der Waals surface area contributed by atoms with Crippen LogP contribution in [0.1, 0.15) is 79.6 Å². The average molecular weight is 455 g/mol. The van der Waals surface area contributed by atoms with Crippen molar-refractivity contribution in [2.75, 3.05) is 20.6 Å². The van der Waals surface area contributed by atoms with Gasteiger partial charge in [0.25, 0.3) is 0 Å². The largest absolute Gasteiger partial charge is 0.308 e. The van der Waals surface area contributed by atoms with Gasteiger partial charge in [0.15, 0.2) is 5.78 Å². The molecule has 4 fully saturated rings. The Labute approximate surface area is 201 Å². The summed E-state index contributed by atoms with van der Waals surface area (Å²) in [5.41, 5.74) is 1.25. The third-order valence-corrected chi connectivity index (χ3v) is 11.7. The van der Waals surface area contributed by atoms with Gasteiger partial charge in [-0.1, -0.05) is 33.8 Å². The molecule has 4 aliphatic carbocycles. The summed E-state index contributed by atoms with van der Waals surface area (Å²) in [4.78, 5) is 30.7. The number of Topliss-reactive ketones (excluding diaryl/α,β-unsaturated/α-hetero) is 1. The highest BCUT2D eigenvalue weighted by Gasteiger charge is 2.62. The molecule has 1 unspecified atom stereocenters. The molecule has 0 radical (unpaired) electrons. The molecular formula is C29H46N2O2. The van der Waals surface area contributed by atoms with E-state index in [1.807, 2.05) is 0 Å². The molecule has 1 aliphatic heterocycles. The number of carbonyl (C=O) groups is 2. The molecule has 0 aromatic carbocycles. The summed E-state index contributed by atoms with van der Waals surface area (Å²) in [6, 6.07) is 0.633. The van der Waals surface area contributed by atoms with Gasteiger partial charge in [0.2, 0.25) is 5.91 Å². The van der Waals surface area contributed by atoms with Crippen molar-refractivity contribution < 1.29 is 9.59 Å². The monoisotopic (exact) mass is 454 g/mol. The molecule has 5 rings (SSSR count). The molecule has 33 heavy (non-hydrogen) atoms. The van der Waals surface area contributed by atoms with Crippen LogP contribution in [-0.4, -0.2) is 48.2 Å². The number of rotatable bonds is 4. The average Bonchev–Trinajstić information content (AvgIpc) is 3.10. The summed E-state index contributed by atoms with van der Waals surface area (Å²) in [5, 5.41) is 0. The third kappa shape index (κ3) is 3.25. The van der Waals surface area contributed by atoms with Crippen molar-refractivity contribution in [2.45, 2.75) is 85.6 Å². The fourth-order valence-electron chi connectivity index (χ4n) is 9.38. The molecule has 5 aliphatic rings. The molecule has 1 heterocycles. The van der Waals surface area contributed by atoms with E-state index in [9.17, 15) is 9.59 Å². The van der Waals surface area contributed by atoms with E-state index in [1.54, 1.807) is 4.90 Å². The Kier molecular flexibility index (Phi) is 5.67. The van der Waals surface area contributed by atoms with Gasteiger partial charge in [0.1, 0.15) is 0 Å². The molecule has 4 nitrogen and oxygen atoms in total. The Morgan fingerprint density at radius 2 is 1.67 bits per heavy atom.